The summed E-state index contributed by atoms with van der Waals surface area (Å²) in [6.07, 6.45) is 6.20. The van der Waals surface area contributed by atoms with Gasteiger partial charge < -0.3 is 9.47 Å². The Hall–Kier alpha value is -1.17. The molecule has 0 radical (unpaired) electrons. The number of nitrogens with zero attached hydrogens (tertiary/aromatic N) is 1. The molecule has 2 aliphatic rings. The molecule has 3 rings (SSSR count). The van der Waals surface area contributed by atoms with Gasteiger partial charge in [-0.3, -0.25) is 0 Å². The molecule has 0 saturated carbocycles. The van der Waals surface area contributed by atoms with Crippen LogP contribution in [0.3, 0.4) is 0 Å². The lowest BCUT2D eigenvalue weighted by Crippen LogP contribution is -2.43. The van der Waals surface area contributed by atoms with Crippen LogP contribution in [0.4, 0.5) is 0 Å². The smallest absolute Gasteiger partial charge is 0.184 e. The van der Waals surface area contributed by atoms with Gasteiger partial charge in [0.2, 0.25) is 0 Å². The van der Waals surface area contributed by atoms with Crippen molar-refractivity contribution in [3.8, 4) is 0 Å². The largest absolute Gasteiger partial charge is 0.349 e. The van der Waals surface area contributed by atoms with Crippen LogP contribution >= 0.6 is 0 Å². The molecule has 0 bridgehead atoms. The third-order valence-electron chi connectivity index (χ3n) is 4.78. The Morgan fingerprint density at radius 3 is 2.83 bits per heavy atom. The summed E-state index contributed by atoms with van der Waals surface area (Å²) in [6, 6.07) is 9.55. The van der Waals surface area contributed by atoms with E-state index in [9.17, 15) is 4.21 Å². The first-order valence-electron chi connectivity index (χ1n) is 8.26. The highest BCUT2D eigenvalue weighted by Gasteiger charge is 2.56. The maximum Gasteiger partial charge on any atom is 0.184 e. The second kappa shape index (κ2) is 6.75. The quantitative estimate of drug-likeness (QED) is 0.770. The number of allylic oxidation sites excluding steroid dienone is 1. The molecular weight excluding hydrogens is 310 g/mol. The summed E-state index contributed by atoms with van der Waals surface area (Å²) in [6.45, 7) is 4.45. The normalized spacial score (nSPS) is 32.7. The van der Waals surface area contributed by atoms with Crippen LogP contribution in [-0.2, 0) is 19.2 Å². The molecule has 0 N–H and O–H groups in total. The van der Waals surface area contributed by atoms with Crippen LogP contribution in [0.5, 0.6) is 0 Å². The highest BCUT2D eigenvalue weighted by atomic mass is 32.2. The topological polar surface area (TPSA) is 47.9 Å². The van der Waals surface area contributed by atoms with E-state index in [0.29, 0.717) is 6.61 Å². The van der Waals surface area contributed by atoms with E-state index < -0.39 is 15.5 Å². The first-order chi connectivity index (χ1) is 11.1. The lowest BCUT2D eigenvalue weighted by Gasteiger charge is -2.31. The van der Waals surface area contributed by atoms with Gasteiger partial charge in [0.1, 0.15) is 5.25 Å². The van der Waals surface area contributed by atoms with Crippen LogP contribution < -0.4 is 0 Å². The summed E-state index contributed by atoms with van der Waals surface area (Å²) in [5, 5.41) is -0.222. The van der Waals surface area contributed by atoms with Gasteiger partial charge in [0.15, 0.2) is 5.79 Å². The van der Waals surface area contributed by atoms with E-state index in [1.807, 2.05) is 36.4 Å². The van der Waals surface area contributed by atoms with Crippen LogP contribution in [0.25, 0.3) is 0 Å². The molecule has 0 aromatic heterocycles. The fourth-order valence-electron chi connectivity index (χ4n) is 3.67. The fourth-order valence-corrected chi connectivity index (χ4v) is 6.22. The average Bonchev–Trinajstić information content (AvgIpc) is 3.21. The van der Waals surface area contributed by atoms with Crippen molar-refractivity contribution in [2.45, 2.75) is 54.1 Å². The van der Waals surface area contributed by atoms with Gasteiger partial charge in [0, 0.05) is 18.4 Å². The predicted octanol–water partition coefficient (Wildman–Crippen LogP) is 3.77. The molecule has 1 spiro atoms. The molecule has 0 amide bonds. The second-order valence-electron chi connectivity index (χ2n) is 6.16. The first-order valence-corrected chi connectivity index (χ1v) is 9.84. The minimum Gasteiger partial charge on any atom is -0.349 e. The highest BCUT2D eigenvalue weighted by Crippen LogP contribution is 2.46. The Morgan fingerprint density at radius 1 is 1.43 bits per heavy atom. The molecule has 0 aliphatic carbocycles. The van der Waals surface area contributed by atoms with Gasteiger partial charge in [-0.1, -0.05) is 24.3 Å². The fraction of sp³-hybridized carbons (Fsp3) is 0.556. The van der Waals surface area contributed by atoms with Gasteiger partial charge in [0.25, 0.3) is 0 Å². The number of hydrogen-bond acceptors (Lipinski definition) is 4. The van der Waals surface area contributed by atoms with E-state index >= 15 is 0 Å². The summed E-state index contributed by atoms with van der Waals surface area (Å²) >= 11 is 0. The Morgan fingerprint density at radius 2 is 2.22 bits per heavy atom. The van der Waals surface area contributed by atoms with Gasteiger partial charge in [0.05, 0.1) is 22.4 Å². The standard InChI is InChI=1S/C18H25NO3S/c1-3-4-9-15-14-17(18(22-15)12-8-13-21-18)23(20,19-2)16-10-6-5-7-11-16/h3,5-7,10-11,15,17H,1,4,8-9,12-14H2,2H3. The maximum absolute atomic E-state index is 13.8. The molecule has 2 aliphatic heterocycles. The summed E-state index contributed by atoms with van der Waals surface area (Å²) < 4.78 is 30.4. The number of hydrogen-bond donors (Lipinski definition) is 0. The molecule has 1 aromatic rings. The molecule has 23 heavy (non-hydrogen) atoms. The van der Waals surface area contributed by atoms with E-state index in [-0.39, 0.29) is 11.4 Å². The third kappa shape index (κ3) is 2.97. The van der Waals surface area contributed by atoms with Crippen molar-refractivity contribution in [1.82, 2.24) is 0 Å². The van der Waals surface area contributed by atoms with Crippen LogP contribution in [0.2, 0.25) is 0 Å². The minimum absolute atomic E-state index is 0.0578. The molecule has 4 nitrogen and oxygen atoms in total. The molecule has 4 unspecified atom stereocenters. The van der Waals surface area contributed by atoms with E-state index in [0.717, 1.165) is 37.0 Å². The van der Waals surface area contributed by atoms with Gasteiger partial charge in [-0.2, -0.15) is 0 Å². The van der Waals surface area contributed by atoms with Gasteiger partial charge >= 0.3 is 0 Å². The van der Waals surface area contributed by atoms with Gasteiger partial charge in [-0.15, -0.1) is 6.58 Å². The second-order valence-corrected chi connectivity index (χ2v) is 8.70. The predicted molar refractivity (Wildman–Crippen MR) is 91.8 cm³/mol. The Labute approximate surface area is 139 Å². The highest BCUT2D eigenvalue weighted by molar-refractivity contribution is 7.94. The zero-order valence-electron chi connectivity index (χ0n) is 13.6. The van der Waals surface area contributed by atoms with E-state index in [1.54, 1.807) is 7.05 Å². The van der Waals surface area contributed by atoms with Crippen molar-refractivity contribution >= 4 is 9.73 Å². The van der Waals surface area contributed by atoms with Crippen molar-refractivity contribution in [2.75, 3.05) is 13.7 Å². The van der Waals surface area contributed by atoms with Crippen LogP contribution in [0.15, 0.2) is 52.2 Å². The zero-order chi connectivity index (χ0) is 16.3. The van der Waals surface area contributed by atoms with E-state index in [2.05, 4.69) is 10.9 Å². The average molecular weight is 335 g/mol. The Kier molecular flexibility index (Phi) is 4.90. The van der Waals surface area contributed by atoms with Crippen molar-refractivity contribution in [2.24, 2.45) is 4.36 Å². The summed E-state index contributed by atoms with van der Waals surface area (Å²) in [7, 11) is -0.937. The Balaban J connectivity index is 1.98. The molecule has 2 saturated heterocycles. The van der Waals surface area contributed by atoms with Crippen molar-refractivity contribution in [3.63, 3.8) is 0 Å². The van der Waals surface area contributed by atoms with Crippen molar-refractivity contribution in [1.29, 1.82) is 0 Å². The molecule has 126 valence electrons. The van der Waals surface area contributed by atoms with E-state index in [4.69, 9.17) is 9.47 Å². The minimum atomic E-state index is -2.58. The molecule has 2 heterocycles. The zero-order valence-corrected chi connectivity index (χ0v) is 14.5. The van der Waals surface area contributed by atoms with Crippen LogP contribution in [0, 0.1) is 0 Å². The molecular formula is C18H25NO3S. The first kappa shape index (κ1) is 16.7. The monoisotopic (exact) mass is 335 g/mol. The maximum atomic E-state index is 13.8. The SMILES string of the molecule is C=CCCC1CC(S(=O)(=NC)c2ccccc2)C2(CCCO2)O1. The molecule has 2 fully saturated rings. The number of ether oxygens (including phenoxy) is 2. The summed E-state index contributed by atoms with van der Waals surface area (Å²) in [5.74, 6) is -0.738. The number of rotatable bonds is 5. The van der Waals surface area contributed by atoms with Crippen molar-refractivity contribution in [3.05, 3.63) is 43.0 Å². The van der Waals surface area contributed by atoms with Gasteiger partial charge in [-0.05, 0) is 37.8 Å². The summed E-state index contributed by atoms with van der Waals surface area (Å²) in [4.78, 5) is 0.773. The molecule has 5 heteroatoms. The van der Waals surface area contributed by atoms with Crippen molar-refractivity contribution < 1.29 is 13.7 Å². The lowest BCUT2D eigenvalue weighted by atomic mass is 10.1. The third-order valence-corrected chi connectivity index (χ3v) is 7.59. The lowest BCUT2D eigenvalue weighted by molar-refractivity contribution is -0.197. The van der Waals surface area contributed by atoms with Crippen LogP contribution in [-0.4, -0.2) is 35.0 Å². The van der Waals surface area contributed by atoms with Crippen LogP contribution in [0.1, 0.15) is 32.1 Å². The van der Waals surface area contributed by atoms with E-state index in [1.165, 1.54) is 0 Å². The summed E-state index contributed by atoms with van der Waals surface area (Å²) in [5.41, 5.74) is 0. The Bertz CT molecular complexity index is 658. The molecule has 4 atom stereocenters. The molecule has 1 aromatic carbocycles. The van der Waals surface area contributed by atoms with Gasteiger partial charge in [-0.25, -0.2) is 8.57 Å². The number of benzene rings is 1.